The van der Waals surface area contributed by atoms with Gasteiger partial charge in [-0.05, 0) is 32.7 Å². The highest BCUT2D eigenvalue weighted by Crippen LogP contribution is 2.35. The van der Waals surface area contributed by atoms with Gasteiger partial charge in [0.2, 0.25) is 0 Å². The molecule has 4 nitrogen and oxygen atoms in total. The summed E-state index contributed by atoms with van der Waals surface area (Å²) in [5, 5.41) is 8.62. The minimum atomic E-state index is -2.06. The van der Waals surface area contributed by atoms with Gasteiger partial charge in [-0.2, -0.15) is 0 Å². The van der Waals surface area contributed by atoms with Crippen molar-refractivity contribution in [2.45, 2.75) is 43.9 Å². The molecule has 4 heteroatoms. The molecule has 2 saturated heterocycles. The van der Waals surface area contributed by atoms with Crippen LogP contribution in [0.15, 0.2) is 0 Å². The van der Waals surface area contributed by atoms with E-state index in [0.29, 0.717) is 12.8 Å². The first kappa shape index (κ1) is 6.80. The first-order valence-corrected chi connectivity index (χ1v) is 5.00. The van der Waals surface area contributed by atoms with E-state index in [2.05, 4.69) is 0 Å². The van der Waals surface area contributed by atoms with E-state index in [1.54, 1.807) is 4.90 Å². The third kappa shape index (κ3) is 1.77. The van der Waals surface area contributed by atoms with Crippen LogP contribution in [-0.4, -0.2) is 47.7 Å². The van der Waals surface area contributed by atoms with Gasteiger partial charge in [0.25, 0.3) is 0 Å². The predicted octanol–water partition coefficient (Wildman–Crippen LogP) is 0.147. The highest BCUT2D eigenvalue weighted by molar-refractivity contribution is 5.70. The van der Waals surface area contributed by atoms with Gasteiger partial charge in [0.15, 0.2) is 0 Å². The van der Waals surface area contributed by atoms with Crippen LogP contribution < -0.4 is 0 Å². The van der Waals surface area contributed by atoms with Crippen LogP contribution in [0.5, 0.6) is 0 Å². The summed E-state index contributed by atoms with van der Waals surface area (Å²) in [7, 11) is 0. The quantitative estimate of drug-likeness (QED) is 0.512. The lowest BCUT2D eigenvalue weighted by Crippen LogP contribution is -2.43. The van der Waals surface area contributed by atoms with Gasteiger partial charge in [-0.3, -0.25) is 0 Å². The van der Waals surface area contributed by atoms with Gasteiger partial charge in [-0.15, -0.1) is 0 Å². The molecule has 1 unspecified atom stereocenters. The van der Waals surface area contributed by atoms with Crippen molar-refractivity contribution < 1.29 is 18.8 Å². The van der Waals surface area contributed by atoms with E-state index in [4.69, 9.17) is 14.0 Å². The summed E-state index contributed by atoms with van der Waals surface area (Å²) in [4.78, 5) is 12.6. The summed E-state index contributed by atoms with van der Waals surface area (Å²) in [6, 6.07) is -0.0597. The van der Waals surface area contributed by atoms with Gasteiger partial charge in [0, 0.05) is 16.2 Å². The molecule has 2 bridgehead atoms. The number of esters is 1. The highest BCUT2D eigenvalue weighted by atomic mass is 16.6. The molecular formula is C10H17NO3. The molecule has 0 aromatic rings. The highest BCUT2D eigenvalue weighted by Gasteiger charge is 2.39. The van der Waals surface area contributed by atoms with Crippen LogP contribution in [0.4, 0.5) is 0 Å². The van der Waals surface area contributed by atoms with Crippen LogP contribution in [0.1, 0.15) is 29.8 Å². The van der Waals surface area contributed by atoms with Crippen LogP contribution in [0, 0.1) is 0 Å². The number of nitrogens with zero attached hydrogens (tertiary/aromatic N) is 1. The molecule has 2 aliphatic heterocycles. The number of carbonyl (C=O) groups is 1. The number of fused-ring (bicyclic) bond motifs is 2. The maximum absolute atomic E-state index is 11.0. The van der Waals surface area contributed by atoms with Crippen molar-refractivity contribution in [1.82, 2.24) is 4.90 Å². The topological polar surface area (TPSA) is 49.8 Å². The minimum absolute atomic E-state index is 0.0299. The maximum Gasteiger partial charge on any atom is 0.332 e. The van der Waals surface area contributed by atoms with Crippen LogP contribution >= 0.6 is 0 Å². The van der Waals surface area contributed by atoms with Gasteiger partial charge in [-0.25, -0.2) is 4.79 Å². The molecule has 14 heavy (non-hydrogen) atoms. The van der Waals surface area contributed by atoms with Crippen molar-refractivity contribution in [2.24, 2.45) is 0 Å². The van der Waals surface area contributed by atoms with Crippen LogP contribution in [0.3, 0.4) is 0 Å². The molecule has 0 radical (unpaired) electrons. The largest absolute Gasteiger partial charge is 0.461 e. The van der Waals surface area contributed by atoms with E-state index in [1.807, 2.05) is 0 Å². The van der Waals surface area contributed by atoms with Gasteiger partial charge in [0.05, 0.1) is 0 Å². The Kier molecular flexibility index (Phi) is 1.88. The van der Waals surface area contributed by atoms with E-state index < -0.39 is 19.6 Å². The molecule has 0 saturated carbocycles. The molecule has 0 aromatic heterocycles. The molecule has 0 amide bonds. The Labute approximate surface area is 88.1 Å². The Morgan fingerprint density at radius 2 is 2.21 bits per heavy atom. The maximum atomic E-state index is 11.0. The number of hydrogen-bond acceptors (Lipinski definition) is 4. The molecule has 0 aromatic carbocycles. The Hall–Kier alpha value is -0.610. The summed E-state index contributed by atoms with van der Waals surface area (Å²) in [6.45, 7) is -2.67. The van der Waals surface area contributed by atoms with Gasteiger partial charge in [-0.1, -0.05) is 0 Å². The molecule has 0 aliphatic carbocycles. The zero-order chi connectivity index (χ0) is 12.6. The van der Waals surface area contributed by atoms with E-state index >= 15 is 0 Å². The third-order valence-corrected chi connectivity index (χ3v) is 3.12. The summed E-state index contributed by atoms with van der Waals surface area (Å²) in [5.74, 6) is -0.628. The average molecular weight is 203 g/mol. The summed E-state index contributed by atoms with van der Waals surface area (Å²) < 4.78 is 27.5. The number of aliphatic hydroxyl groups is 1. The van der Waals surface area contributed by atoms with Gasteiger partial charge < -0.3 is 14.7 Å². The third-order valence-electron chi connectivity index (χ3n) is 3.12. The lowest BCUT2D eigenvalue weighted by molar-refractivity contribution is -0.155. The van der Waals surface area contributed by atoms with E-state index in [-0.39, 0.29) is 18.2 Å². The fourth-order valence-electron chi connectivity index (χ4n) is 2.45. The molecule has 2 fully saturated rings. The lowest BCUT2D eigenvalue weighted by Gasteiger charge is -2.35. The monoisotopic (exact) mass is 203 g/mol. The Bertz CT molecular complexity index is 294. The van der Waals surface area contributed by atoms with Crippen LogP contribution in [0.2, 0.25) is 0 Å². The van der Waals surface area contributed by atoms with Crippen molar-refractivity contribution in [3.8, 4) is 0 Å². The molecule has 80 valence electrons. The second-order valence-corrected chi connectivity index (χ2v) is 4.03. The fraction of sp³-hybridized carbons (Fsp3) is 0.900. The molecule has 2 heterocycles. The number of hydrogen-bond donors (Lipinski definition) is 1. The molecule has 3 atom stereocenters. The van der Waals surface area contributed by atoms with Crippen molar-refractivity contribution >= 4 is 5.97 Å². The standard InChI is InChI=1S/C10H17NO3/c1-11-7-2-3-8(11)5-9(4-7)14-10(13)6-12/h7-9,12H,2-6H2,1H3/t7-,8+,9?/i1D3,10+1. The smallest absolute Gasteiger partial charge is 0.332 e. The first-order valence-electron chi connectivity index (χ1n) is 6.50. The summed E-state index contributed by atoms with van der Waals surface area (Å²) in [6.07, 6.45) is 2.55. The second kappa shape index (κ2) is 3.87. The van der Waals surface area contributed by atoms with Crippen molar-refractivity contribution in [3.63, 3.8) is 0 Å². The molecule has 1 N–H and O–H groups in total. The van der Waals surface area contributed by atoms with Gasteiger partial charge in [0.1, 0.15) is 12.7 Å². The lowest BCUT2D eigenvalue weighted by atomic mass is 10.0. The number of rotatable bonds is 2. The number of ether oxygens (including phenoxy) is 1. The van der Waals surface area contributed by atoms with Gasteiger partial charge >= 0.3 is 5.97 Å². The van der Waals surface area contributed by atoms with Crippen LogP contribution in [-0.2, 0) is 9.53 Å². The second-order valence-electron chi connectivity index (χ2n) is 4.03. The average Bonchev–Trinajstić information content (AvgIpc) is 2.51. The fourth-order valence-corrected chi connectivity index (χ4v) is 2.45. The summed E-state index contributed by atoms with van der Waals surface area (Å²) >= 11 is 0. The Balaban J connectivity index is 1.99. The molecule has 2 rings (SSSR count). The van der Waals surface area contributed by atoms with E-state index in [0.717, 1.165) is 12.8 Å². The predicted molar refractivity (Wildman–Crippen MR) is 50.8 cm³/mol. The van der Waals surface area contributed by atoms with E-state index in [9.17, 15) is 4.79 Å². The minimum Gasteiger partial charge on any atom is -0.461 e. The Morgan fingerprint density at radius 1 is 1.57 bits per heavy atom. The normalized spacial score (nSPS) is 41.2. The SMILES string of the molecule is [2H]C([2H])([2H])N1[C@@H]2CC[C@H]1CC(O[13C](=O)CO)C2. The number of piperidine rings is 1. The molecule has 0 spiro atoms. The molecular weight excluding hydrogens is 183 g/mol. The molecule has 2 aliphatic rings. The zero-order valence-corrected chi connectivity index (χ0v) is 7.98. The van der Waals surface area contributed by atoms with Crippen LogP contribution in [0.25, 0.3) is 0 Å². The van der Waals surface area contributed by atoms with Crippen molar-refractivity contribution in [2.75, 3.05) is 13.6 Å². The summed E-state index contributed by atoms with van der Waals surface area (Å²) in [5.41, 5.74) is 0. The van der Waals surface area contributed by atoms with Crippen molar-refractivity contribution in [1.29, 1.82) is 0 Å². The number of aliphatic hydroxyl groups excluding tert-OH is 1. The Morgan fingerprint density at radius 3 is 2.71 bits per heavy atom. The van der Waals surface area contributed by atoms with E-state index in [1.165, 1.54) is 0 Å². The first-order chi connectivity index (χ1) is 7.91. The number of carbonyl (C=O) groups excluding carboxylic acids is 1. The zero-order valence-electron chi connectivity index (χ0n) is 11.0. The van der Waals surface area contributed by atoms with Crippen molar-refractivity contribution in [3.05, 3.63) is 0 Å².